The number of nitrogens with zero attached hydrogens (tertiary/aromatic N) is 5. The van der Waals surface area contributed by atoms with Gasteiger partial charge in [0.2, 0.25) is 0 Å². The van der Waals surface area contributed by atoms with E-state index in [0.717, 1.165) is 5.69 Å². The molecule has 0 N–H and O–H groups in total. The maximum absolute atomic E-state index is 11.9. The summed E-state index contributed by atoms with van der Waals surface area (Å²) in [5, 5.41) is 33.0. The molecule has 0 saturated carbocycles. The van der Waals surface area contributed by atoms with Crippen molar-refractivity contribution in [1.29, 1.82) is 0 Å². The van der Waals surface area contributed by atoms with Gasteiger partial charge in [-0.3, -0.25) is 24.8 Å². The second-order valence-electron chi connectivity index (χ2n) is 9.16. The Kier molecular flexibility index (Phi) is 6.58. The van der Waals surface area contributed by atoms with Crippen LogP contribution in [-0.2, 0) is 0 Å². The molecule has 5 aromatic carbocycles. The van der Waals surface area contributed by atoms with E-state index < -0.39 is 9.85 Å². The van der Waals surface area contributed by atoms with Crippen LogP contribution in [0.1, 0.15) is 0 Å². The predicted molar refractivity (Wildman–Crippen MR) is 156 cm³/mol. The van der Waals surface area contributed by atoms with Crippen molar-refractivity contribution in [3.05, 3.63) is 148 Å². The minimum atomic E-state index is -0.400. The fourth-order valence-corrected chi connectivity index (χ4v) is 5.00. The highest BCUT2D eigenvalue weighted by molar-refractivity contribution is 5.89. The molecule has 0 aliphatic heterocycles. The van der Waals surface area contributed by atoms with Crippen molar-refractivity contribution in [3.63, 3.8) is 0 Å². The molecular formula is C32H21N5O4. The number of nitro benzene ring substituents is 2. The maximum atomic E-state index is 11.9. The number of aromatic nitrogens is 3. The standard InChI is InChI=1S/C32H21N5O4/c38-36(39)29-20-10-8-16-25(29)23-14-4-6-18-27(23)31-33-34-32(35(31)22-12-2-1-3-13-22)28-19-7-5-15-24(28)26-17-9-11-21-30(26)37(40)41/h1-21H. The van der Waals surface area contributed by atoms with Crippen LogP contribution in [0.5, 0.6) is 0 Å². The van der Waals surface area contributed by atoms with Crippen LogP contribution in [0, 0.1) is 20.2 Å². The summed E-state index contributed by atoms with van der Waals surface area (Å²) in [5.74, 6) is 0.939. The summed E-state index contributed by atoms with van der Waals surface area (Å²) in [6, 6.07) is 37.4. The highest BCUT2D eigenvalue weighted by Crippen LogP contribution is 2.41. The monoisotopic (exact) mass is 539 g/mol. The lowest BCUT2D eigenvalue weighted by Crippen LogP contribution is -2.02. The molecule has 0 radical (unpaired) electrons. The van der Waals surface area contributed by atoms with Crippen LogP contribution >= 0.6 is 0 Å². The van der Waals surface area contributed by atoms with Crippen LogP contribution < -0.4 is 0 Å². The predicted octanol–water partition coefficient (Wildman–Crippen LogP) is 7.75. The van der Waals surface area contributed by atoms with Crippen molar-refractivity contribution in [1.82, 2.24) is 14.8 Å². The van der Waals surface area contributed by atoms with Gasteiger partial charge < -0.3 is 0 Å². The van der Waals surface area contributed by atoms with Gasteiger partial charge in [-0.05, 0) is 35.4 Å². The van der Waals surface area contributed by atoms with E-state index in [4.69, 9.17) is 0 Å². The lowest BCUT2D eigenvalue weighted by Gasteiger charge is -2.15. The van der Waals surface area contributed by atoms with E-state index in [1.807, 2.05) is 83.4 Å². The molecule has 0 spiro atoms. The normalized spacial score (nSPS) is 10.8. The molecule has 198 valence electrons. The van der Waals surface area contributed by atoms with E-state index in [-0.39, 0.29) is 11.4 Å². The van der Waals surface area contributed by atoms with E-state index in [1.165, 1.54) is 12.1 Å². The second-order valence-corrected chi connectivity index (χ2v) is 9.16. The first kappa shape index (κ1) is 25.3. The summed E-state index contributed by atoms with van der Waals surface area (Å²) >= 11 is 0. The third kappa shape index (κ3) is 4.61. The fourth-order valence-electron chi connectivity index (χ4n) is 5.00. The number of nitro groups is 2. The van der Waals surface area contributed by atoms with Gasteiger partial charge in [-0.1, -0.05) is 91.0 Å². The third-order valence-corrected chi connectivity index (χ3v) is 6.80. The van der Waals surface area contributed by atoms with Crippen LogP contribution in [0.25, 0.3) is 50.7 Å². The zero-order valence-electron chi connectivity index (χ0n) is 21.5. The summed E-state index contributed by atoms with van der Waals surface area (Å²) in [6.07, 6.45) is 0. The van der Waals surface area contributed by atoms with Gasteiger partial charge in [-0.25, -0.2) is 0 Å². The molecule has 6 aromatic rings. The molecule has 41 heavy (non-hydrogen) atoms. The highest BCUT2D eigenvalue weighted by atomic mass is 16.6. The van der Waals surface area contributed by atoms with E-state index >= 15 is 0 Å². The molecule has 6 rings (SSSR count). The van der Waals surface area contributed by atoms with Crippen LogP contribution in [0.3, 0.4) is 0 Å². The number of hydrogen-bond donors (Lipinski definition) is 0. The molecule has 0 aliphatic carbocycles. The van der Waals surface area contributed by atoms with Crippen molar-refractivity contribution >= 4 is 11.4 Å². The Labute approximate surface area is 234 Å². The molecule has 9 nitrogen and oxygen atoms in total. The van der Waals surface area contributed by atoms with E-state index in [0.29, 0.717) is 45.0 Å². The molecular weight excluding hydrogens is 518 g/mol. The Balaban J connectivity index is 1.63. The van der Waals surface area contributed by atoms with Crippen molar-refractivity contribution in [3.8, 4) is 50.7 Å². The summed E-state index contributed by atoms with van der Waals surface area (Å²) in [7, 11) is 0. The molecule has 0 aliphatic rings. The van der Waals surface area contributed by atoms with Crippen LogP contribution in [-0.4, -0.2) is 24.6 Å². The topological polar surface area (TPSA) is 117 Å². The molecule has 1 aromatic heterocycles. The number of benzene rings is 5. The van der Waals surface area contributed by atoms with Gasteiger partial charge >= 0.3 is 0 Å². The maximum Gasteiger partial charge on any atom is 0.277 e. The largest absolute Gasteiger partial charge is 0.277 e. The van der Waals surface area contributed by atoms with Crippen LogP contribution in [0.15, 0.2) is 127 Å². The number of hydrogen-bond acceptors (Lipinski definition) is 6. The van der Waals surface area contributed by atoms with E-state index in [9.17, 15) is 20.2 Å². The van der Waals surface area contributed by atoms with Crippen molar-refractivity contribution in [2.45, 2.75) is 0 Å². The van der Waals surface area contributed by atoms with E-state index in [1.54, 1.807) is 36.4 Å². The Hall–Kier alpha value is -5.96. The molecule has 1 heterocycles. The van der Waals surface area contributed by atoms with Crippen LogP contribution in [0.2, 0.25) is 0 Å². The Morgan fingerprint density at radius 2 is 0.780 bits per heavy atom. The first-order valence-electron chi connectivity index (χ1n) is 12.7. The fraction of sp³-hybridized carbons (Fsp3) is 0. The summed E-state index contributed by atoms with van der Waals surface area (Å²) in [4.78, 5) is 23.0. The van der Waals surface area contributed by atoms with Gasteiger partial charge in [0.15, 0.2) is 11.6 Å². The smallest absolute Gasteiger partial charge is 0.275 e. The van der Waals surface area contributed by atoms with Gasteiger partial charge in [0, 0.05) is 28.9 Å². The summed E-state index contributed by atoms with van der Waals surface area (Å²) in [6.45, 7) is 0. The first-order valence-corrected chi connectivity index (χ1v) is 12.7. The molecule has 0 bridgehead atoms. The molecule has 0 amide bonds. The molecule has 0 fully saturated rings. The summed E-state index contributed by atoms with van der Waals surface area (Å²) in [5.41, 5.74) is 4.18. The van der Waals surface area contributed by atoms with Crippen molar-refractivity contribution in [2.24, 2.45) is 0 Å². The van der Waals surface area contributed by atoms with Crippen molar-refractivity contribution in [2.75, 3.05) is 0 Å². The Morgan fingerprint density at radius 1 is 0.439 bits per heavy atom. The lowest BCUT2D eigenvalue weighted by atomic mass is 9.96. The average Bonchev–Trinajstić information content (AvgIpc) is 3.46. The second kappa shape index (κ2) is 10.7. The third-order valence-electron chi connectivity index (χ3n) is 6.80. The molecule has 0 atom stereocenters. The minimum Gasteiger partial charge on any atom is -0.275 e. The van der Waals surface area contributed by atoms with Gasteiger partial charge in [0.1, 0.15) is 0 Å². The van der Waals surface area contributed by atoms with Crippen LogP contribution in [0.4, 0.5) is 11.4 Å². The number of para-hydroxylation sites is 3. The zero-order valence-corrected chi connectivity index (χ0v) is 21.5. The van der Waals surface area contributed by atoms with Gasteiger partial charge in [0.25, 0.3) is 11.4 Å². The minimum absolute atomic E-state index is 0.0207. The summed E-state index contributed by atoms with van der Waals surface area (Å²) < 4.78 is 1.88. The highest BCUT2D eigenvalue weighted by Gasteiger charge is 2.25. The lowest BCUT2D eigenvalue weighted by molar-refractivity contribution is -0.384. The quantitative estimate of drug-likeness (QED) is 0.151. The Morgan fingerprint density at radius 3 is 1.20 bits per heavy atom. The first-order chi connectivity index (χ1) is 20.0. The van der Waals surface area contributed by atoms with Gasteiger partial charge in [0.05, 0.1) is 21.0 Å². The number of rotatable bonds is 7. The van der Waals surface area contributed by atoms with Gasteiger partial charge in [-0.2, -0.15) is 0 Å². The average molecular weight is 540 g/mol. The SMILES string of the molecule is O=[N+]([O-])c1ccccc1-c1ccccc1-c1nnc(-c2ccccc2-c2ccccc2[N+](=O)[O-])n1-c1ccccc1. The van der Waals surface area contributed by atoms with E-state index in [2.05, 4.69) is 10.2 Å². The van der Waals surface area contributed by atoms with Crippen molar-refractivity contribution < 1.29 is 9.85 Å². The zero-order chi connectivity index (χ0) is 28.3. The molecule has 9 heteroatoms. The Bertz CT molecular complexity index is 1800. The molecule has 0 saturated heterocycles. The molecule has 0 unspecified atom stereocenters. The van der Waals surface area contributed by atoms with Gasteiger partial charge in [-0.15, -0.1) is 10.2 Å².